The van der Waals surface area contributed by atoms with E-state index in [1.54, 1.807) is 6.07 Å². The van der Waals surface area contributed by atoms with Crippen molar-refractivity contribution in [1.29, 1.82) is 0 Å². The van der Waals surface area contributed by atoms with Crippen molar-refractivity contribution in [2.45, 2.75) is 6.42 Å². The second kappa shape index (κ2) is 2.64. The van der Waals surface area contributed by atoms with Crippen LogP contribution < -0.4 is 14.8 Å². The molecule has 1 aromatic carbocycles. The molecule has 0 unspecified atom stereocenters. The van der Waals surface area contributed by atoms with E-state index in [0.717, 1.165) is 5.69 Å². The Balaban J connectivity index is 2.17. The molecular weight excluding hydrogens is 182 g/mol. The Morgan fingerprint density at radius 2 is 2.00 bits per heavy atom. The molecule has 0 aromatic heterocycles. The van der Waals surface area contributed by atoms with E-state index in [9.17, 15) is 4.79 Å². The van der Waals surface area contributed by atoms with Crippen LogP contribution in [0.5, 0.6) is 11.5 Å². The number of nitrogens with one attached hydrogen (secondary N) is 1. The molecule has 2 aliphatic heterocycles. The molecule has 0 amide bonds. The lowest BCUT2D eigenvalue weighted by molar-refractivity contribution is 0.0983. The summed E-state index contributed by atoms with van der Waals surface area (Å²) >= 11 is 0. The summed E-state index contributed by atoms with van der Waals surface area (Å²) in [6.07, 6.45) is 0.548. The highest BCUT2D eigenvalue weighted by Gasteiger charge is 2.22. The van der Waals surface area contributed by atoms with Crippen molar-refractivity contribution in [3.63, 3.8) is 0 Å². The zero-order chi connectivity index (χ0) is 9.54. The van der Waals surface area contributed by atoms with Gasteiger partial charge in [0.15, 0.2) is 17.3 Å². The molecule has 0 atom stereocenters. The monoisotopic (exact) mass is 191 g/mol. The number of ketones is 1. The first-order valence-corrected chi connectivity index (χ1v) is 4.55. The van der Waals surface area contributed by atoms with E-state index >= 15 is 0 Å². The first-order chi connectivity index (χ1) is 6.84. The highest BCUT2D eigenvalue weighted by atomic mass is 16.7. The van der Waals surface area contributed by atoms with E-state index < -0.39 is 0 Å². The highest BCUT2D eigenvalue weighted by molar-refractivity contribution is 6.03. The van der Waals surface area contributed by atoms with Gasteiger partial charge in [-0.3, -0.25) is 4.79 Å². The van der Waals surface area contributed by atoms with Crippen LogP contribution in [0.3, 0.4) is 0 Å². The number of carbonyl (C=O) groups is 1. The molecule has 0 saturated carbocycles. The lowest BCUT2D eigenvalue weighted by atomic mass is 10.0. The number of rotatable bonds is 0. The first kappa shape index (κ1) is 7.67. The molecule has 14 heavy (non-hydrogen) atoms. The molecule has 2 aliphatic rings. The van der Waals surface area contributed by atoms with Gasteiger partial charge in [0.1, 0.15) is 0 Å². The van der Waals surface area contributed by atoms with Gasteiger partial charge in [0.05, 0.1) is 0 Å². The van der Waals surface area contributed by atoms with Gasteiger partial charge in [0.25, 0.3) is 0 Å². The van der Waals surface area contributed by atoms with Gasteiger partial charge in [-0.2, -0.15) is 0 Å². The van der Waals surface area contributed by atoms with Gasteiger partial charge in [-0.1, -0.05) is 0 Å². The van der Waals surface area contributed by atoms with E-state index in [1.165, 1.54) is 0 Å². The van der Waals surface area contributed by atoms with Gasteiger partial charge < -0.3 is 14.8 Å². The van der Waals surface area contributed by atoms with Gasteiger partial charge in [0, 0.05) is 30.3 Å². The van der Waals surface area contributed by atoms with Crippen molar-refractivity contribution in [1.82, 2.24) is 0 Å². The minimum atomic E-state index is 0.164. The number of fused-ring (bicyclic) bond motifs is 2. The molecular formula is C10H9NO3. The van der Waals surface area contributed by atoms with Crippen LogP contribution in [0, 0.1) is 0 Å². The zero-order valence-corrected chi connectivity index (χ0v) is 7.50. The maximum absolute atomic E-state index is 11.5. The minimum Gasteiger partial charge on any atom is -0.454 e. The first-order valence-electron chi connectivity index (χ1n) is 4.55. The average molecular weight is 191 g/mol. The summed E-state index contributed by atoms with van der Waals surface area (Å²) in [5.74, 6) is 1.55. The molecule has 1 aromatic rings. The fourth-order valence-corrected chi connectivity index (χ4v) is 1.76. The zero-order valence-electron chi connectivity index (χ0n) is 7.50. The summed E-state index contributed by atoms with van der Waals surface area (Å²) in [5.41, 5.74) is 1.56. The Labute approximate surface area is 80.8 Å². The standard InChI is InChI=1S/C10H9NO3/c12-8-1-2-11-7-4-10-9(3-6(7)8)13-5-14-10/h3-4,11H,1-2,5H2. The summed E-state index contributed by atoms with van der Waals surface area (Å²) in [6, 6.07) is 3.58. The van der Waals surface area contributed by atoms with Crippen molar-refractivity contribution in [2.75, 3.05) is 18.7 Å². The number of hydrogen-bond acceptors (Lipinski definition) is 4. The van der Waals surface area contributed by atoms with Crippen LogP contribution >= 0.6 is 0 Å². The van der Waals surface area contributed by atoms with Crippen molar-refractivity contribution in [2.24, 2.45) is 0 Å². The normalized spacial score (nSPS) is 17.6. The molecule has 0 fully saturated rings. The maximum Gasteiger partial charge on any atom is 0.231 e. The highest BCUT2D eigenvalue weighted by Crippen LogP contribution is 2.38. The summed E-state index contributed by atoms with van der Waals surface area (Å²) in [6.45, 7) is 0.942. The van der Waals surface area contributed by atoms with E-state index in [4.69, 9.17) is 9.47 Å². The van der Waals surface area contributed by atoms with Crippen LogP contribution in [0.25, 0.3) is 0 Å². The topological polar surface area (TPSA) is 47.6 Å². The lowest BCUT2D eigenvalue weighted by Gasteiger charge is -2.16. The third-order valence-electron chi connectivity index (χ3n) is 2.48. The summed E-state index contributed by atoms with van der Waals surface area (Å²) in [7, 11) is 0. The predicted molar refractivity (Wildman–Crippen MR) is 50.0 cm³/mol. The van der Waals surface area contributed by atoms with Crippen LogP contribution in [-0.2, 0) is 0 Å². The van der Waals surface area contributed by atoms with Crippen LogP contribution in [0.4, 0.5) is 5.69 Å². The molecule has 0 spiro atoms. The Bertz CT molecular complexity index is 414. The van der Waals surface area contributed by atoms with Crippen LogP contribution in [0.2, 0.25) is 0 Å². The summed E-state index contributed by atoms with van der Waals surface area (Å²) < 4.78 is 10.4. The molecule has 2 heterocycles. The van der Waals surface area contributed by atoms with E-state index in [0.29, 0.717) is 30.0 Å². The number of anilines is 1. The van der Waals surface area contributed by atoms with Crippen molar-refractivity contribution >= 4 is 11.5 Å². The van der Waals surface area contributed by atoms with Crippen molar-refractivity contribution in [3.05, 3.63) is 17.7 Å². The van der Waals surface area contributed by atoms with Gasteiger partial charge in [-0.05, 0) is 6.07 Å². The SMILES string of the molecule is O=C1CCNc2cc3c(cc21)OCO3. The molecule has 0 radical (unpaired) electrons. The fourth-order valence-electron chi connectivity index (χ4n) is 1.76. The Morgan fingerprint density at radius 1 is 1.21 bits per heavy atom. The second-order valence-electron chi connectivity index (χ2n) is 3.35. The minimum absolute atomic E-state index is 0.164. The Kier molecular flexibility index (Phi) is 1.45. The number of hydrogen-bond donors (Lipinski definition) is 1. The van der Waals surface area contributed by atoms with Crippen LogP contribution in [-0.4, -0.2) is 19.1 Å². The molecule has 4 nitrogen and oxygen atoms in total. The number of ether oxygens (including phenoxy) is 2. The molecule has 72 valence electrons. The van der Waals surface area contributed by atoms with Gasteiger partial charge in [0.2, 0.25) is 6.79 Å². The van der Waals surface area contributed by atoms with Gasteiger partial charge in [-0.25, -0.2) is 0 Å². The largest absolute Gasteiger partial charge is 0.454 e. The lowest BCUT2D eigenvalue weighted by Crippen LogP contribution is -2.17. The molecule has 0 saturated heterocycles. The Morgan fingerprint density at radius 3 is 2.86 bits per heavy atom. The second-order valence-corrected chi connectivity index (χ2v) is 3.35. The number of Topliss-reactive ketones (excluding diaryl/α,β-unsaturated/α-hetero) is 1. The van der Waals surface area contributed by atoms with Gasteiger partial charge in [-0.15, -0.1) is 0 Å². The molecule has 4 heteroatoms. The van der Waals surface area contributed by atoms with Crippen molar-refractivity contribution in [3.8, 4) is 11.5 Å². The van der Waals surface area contributed by atoms with Crippen molar-refractivity contribution < 1.29 is 14.3 Å². The van der Waals surface area contributed by atoms with Crippen LogP contribution in [0.1, 0.15) is 16.8 Å². The van der Waals surface area contributed by atoms with E-state index in [-0.39, 0.29) is 12.6 Å². The van der Waals surface area contributed by atoms with E-state index in [2.05, 4.69) is 5.32 Å². The smallest absolute Gasteiger partial charge is 0.231 e. The predicted octanol–water partition coefficient (Wildman–Crippen LogP) is 1.41. The summed E-state index contributed by atoms with van der Waals surface area (Å²) in [4.78, 5) is 11.5. The van der Waals surface area contributed by atoms with Gasteiger partial charge >= 0.3 is 0 Å². The third kappa shape index (κ3) is 0.968. The Hall–Kier alpha value is -1.71. The fraction of sp³-hybridized carbons (Fsp3) is 0.300. The maximum atomic E-state index is 11.5. The van der Waals surface area contributed by atoms with Crippen LogP contribution in [0.15, 0.2) is 12.1 Å². The third-order valence-corrected chi connectivity index (χ3v) is 2.48. The average Bonchev–Trinajstić information content (AvgIpc) is 2.62. The summed E-state index contributed by atoms with van der Waals surface area (Å²) in [5, 5.41) is 3.17. The molecule has 3 rings (SSSR count). The molecule has 1 N–H and O–H groups in total. The quantitative estimate of drug-likeness (QED) is 0.673. The number of benzene rings is 1. The molecule has 0 bridgehead atoms. The molecule has 0 aliphatic carbocycles. The van der Waals surface area contributed by atoms with E-state index in [1.807, 2.05) is 6.07 Å². The number of carbonyl (C=O) groups excluding carboxylic acids is 1.